The van der Waals surface area contributed by atoms with Crippen LogP contribution in [0.25, 0.3) is 0 Å². The van der Waals surface area contributed by atoms with Crippen LogP contribution in [0.4, 0.5) is 5.69 Å². The highest BCUT2D eigenvalue weighted by Gasteiger charge is 2.58. The molecule has 3 aliphatic rings. The van der Waals surface area contributed by atoms with Gasteiger partial charge in [0.05, 0.1) is 25.8 Å². The summed E-state index contributed by atoms with van der Waals surface area (Å²) in [5.41, 5.74) is 2.46. The van der Waals surface area contributed by atoms with Crippen molar-refractivity contribution in [2.45, 2.75) is 43.6 Å². The van der Waals surface area contributed by atoms with Crippen molar-refractivity contribution in [3.05, 3.63) is 53.6 Å². The highest BCUT2D eigenvalue weighted by atomic mass is 16.5. The molecule has 0 aromatic heterocycles. The van der Waals surface area contributed by atoms with Crippen molar-refractivity contribution >= 4 is 11.6 Å². The van der Waals surface area contributed by atoms with Gasteiger partial charge in [-0.1, -0.05) is 18.2 Å². The van der Waals surface area contributed by atoms with E-state index in [0.29, 0.717) is 6.04 Å². The third-order valence-electron chi connectivity index (χ3n) is 6.45. The molecule has 6 heteroatoms. The van der Waals surface area contributed by atoms with Crippen molar-refractivity contribution in [2.75, 3.05) is 19.5 Å². The van der Waals surface area contributed by atoms with E-state index in [1.807, 2.05) is 36.4 Å². The van der Waals surface area contributed by atoms with E-state index in [0.717, 1.165) is 42.1 Å². The molecule has 3 atom stereocenters. The van der Waals surface area contributed by atoms with E-state index in [2.05, 4.69) is 21.6 Å². The Labute approximate surface area is 164 Å². The number of benzene rings is 2. The predicted octanol–water partition coefficient (Wildman–Crippen LogP) is 2.99. The molecule has 0 aliphatic carbocycles. The Balaban J connectivity index is 1.42. The van der Waals surface area contributed by atoms with E-state index in [-0.39, 0.29) is 17.6 Å². The number of para-hydroxylation sites is 1. The number of hydrogen-bond donors (Lipinski definition) is 2. The van der Waals surface area contributed by atoms with Gasteiger partial charge >= 0.3 is 0 Å². The number of carbonyl (C=O) groups is 1. The summed E-state index contributed by atoms with van der Waals surface area (Å²) in [6.45, 7) is 0.830. The van der Waals surface area contributed by atoms with Crippen molar-refractivity contribution in [1.82, 2.24) is 10.2 Å². The third kappa shape index (κ3) is 2.55. The number of methoxy groups -OCH3 is 2. The second-order valence-corrected chi connectivity index (χ2v) is 7.91. The van der Waals surface area contributed by atoms with E-state index in [1.165, 1.54) is 12.0 Å². The Morgan fingerprint density at radius 1 is 1.07 bits per heavy atom. The minimum absolute atomic E-state index is 0.0213. The zero-order chi connectivity index (χ0) is 19.3. The monoisotopic (exact) mass is 379 g/mol. The van der Waals surface area contributed by atoms with Gasteiger partial charge in [0.15, 0.2) is 11.5 Å². The summed E-state index contributed by atoms with van der Waals surface area (Å²) < 4.78 is 10.8. The number of fused-ring (bicyclic) bond motifs is 4. The first-order valence-electron chi connectivity index (χ1n) is 9.80. The van der Waals surface area contributed by atoms with Gasteiger partial charge in [0.2, 0.25) is 0 Å². The largest absolute Gasteiger partial charge is 0.493 e. The third-order valence-corrected chi connectivity index (χ3v) is 6.45. The van der Waals surface area contributed by atoms with E-state index >= 15 is 0 Å². The summed E-state index contributed by atoms with van der Waals surface area (Å²) in [6.07, 6.45) is 3.16. The molecule has 2 fully saturated rings. The second kappa shape index (κ2) is 6.41. The van der Waals surface area contributed by atoms with Crippen LogP contribution in [0.2, 0.25) is 0 Å². The molecule has 28 heavy (non-hydrogen) atoms. The van der Waals surface area contributed by atoms with Gasteiger partial charge in [-0.3, -0.25) is 9.69 Å². The summed E-state index contributed by atoms with van der Waals surface area (Å²) in [7, 11) is 3.31. The minimum atomic E-state index is -0.384. The maximum Gasteiger partial charge on any atom is 0.255 e. The molecule has 2 saturated heterocycles. The van der Waals surface area contributed by atoms with Gasteiger partial charge in [0, 0.05) is 24.7 Å². The first-order valence-corrected chi connectivity index (χ1v) is 9.80. The summed E-state index contributed by atoms with van der Waals surface area (Å²) in [5, 5.41) is 6.97. The molecule has 2 aromatic carbocycles. The van der Waals surface area contributed by atoms with Crippen LogP contribution in [0.15, 0.2) is 42.5 Å². The Morgan fingerprint density at radius 2 is 1.89 bits per heavy atom. The Bertz CT molecular complexity index is 931. The van der Waals surface area contributed by atoms with Crippen LogP contribution in [-0.4, -0.2) is 42.8 Å². The molecule has 0 radical (unpaired) electrons. The Kier molecular flexibility index (Phi) is 3.98. The lowest BCUT2D eigenvalue weighted by atomic mass is 9.86. The highest BCUT2D eigenvalue weighted by molar-refractivity contribution is 6.02. The van der Waals surface area contributed by atoms with E-state index < -0.39 is 0 Å². The maximum atomic E-state index is 12.7. The van der Waals surface area contributed by atoms with Gasteiger partial charge in [-0.2, -0.15) is 0 Å². The van der Waals surface area contributed by atoms with Crippen LogP contribution < -0.4 is 20.1 Å². The molecule has 2 aromatic rings. The molecule has 2 N–H and O–H groups in total. The van der Waals surface area contributed by atoms with Crippen molar-refractivity contribution in [3.63, 3.8) is 0 Å². The number of amides is 1. The van der Waals surface area contributed by atoms with Crippen LogP contribution in [0.1, 0.15) is 35.2 Å². The number of rotatable bonds is 4. The van der Waals surface area contributed by atoms with Crippen molar-refractivity contribution in [2.24, 2.45) is 0 Å². The first-order chi connectivity index (χ1) is 13.6. The van der Waals surface area contributed by atoms with Crippen molar-refractivity contribution in [1.29, 1.82) is 0 Å². The number of nitrogens with one attached hydrogen (secondary N) is 2. The number of carbonyl (C=O) groups excluding carboxylic acids is 1. The topological polar surface area (TPSA) is 62.8 Å². The summed E-state index contributed by atoms with van der Waals surface area (Å²) in [5.74, 6) is 1.51. The van der Waals surface area contributed by atoms with E-state index in [1.54, 1.807) is 14.2 Å². The fourth-order valence-electron chi connectivity index (χ4n) is 5.22. The van der Waals surface area contributed by atoms with E-state index in [4.69, 9.17) is 9.47 Å². The van der Waals surface area contributed by atoms with Gasteiger partial charge < -0.3 is 20.1 Å². The van der Waals surface area contributed by atoms with Gasteiger partial charge in [-0.15, -0.1) is 0 Å². The first kappa shape index (κ1) is 17.4. The highest BCUT2D eigenvalue weighted by Crippen LogP contribution is 2.47. The van der Waals surface area contributed by atoms with Gasteiger partial charge in [-0.25, -0.2) is 0 Å². The molecule has 6 nitrogen and oxygen atoms in total. The normalized spacial score (nSPS) is 28.0. The standard InChI is InChI=1S/C22H25N3O3/c1-27-18-9-7-14(11-19(18)28-2)13-25-15-8-10-20(25)22(12-15)23-17-6-4-3-5-16(17)21(26)24-22/h3-7,9,11,15,20,23H,8,10,12-13H2,1-2H3,(H,24,26)/t15-,20-,22+/m0/s1. The fraction of sp³-hybridized carbons (Fsp3) is 0.409. The van der Waals surface area contributed by atoms with Gasteiger partial charge in [-0.05, 0) is 42.7 Å². The maximum absolute atomic E-state index is 12.7. The molecule has 1 spiro atoms. The average molecular weight is 379 g/mol. The molecule has 2 bridgehead atoms. The van der Waals surface area contributed by atoms with Gasteiger partial charge in [0.25, 0.3) is 5.91 Å². The minimum Gasteiger partial charge on any atom is -0.493 e. The molecular weight excluding hydrogens is 354 g/mol. The fourth-order valence-corrected chi connectivity index (χ4v) is 5.22. The lowest BCUT2D eigenvalue weighted by Gasteiger charge is -2.43. The molecule has 1 amide bonds. The van der Waals surface area contributed by atoms with Crippen LogP contribution in [0.3, 0.4) is 0 Å². The molecule has 3 heterocycles. The summed E-state index contributed by atoms with van der Waals surface area (Å²) >= 11 is 0. The molecule has 3 aliphatic heterocycles. The molecule has 146 valence electrons. The SMILES string of the molecule is COc1ccc(CN2[C@H]3CC[C@H]2[C@@]2(C3)NC(=O)c3ccccc3N2)cc1OC. The number of anilines is 1. The predicted molar refractivity (Wildman–Crippen MR) is 107 cm³/mol. The molecule has 0 saturated carbocycles. The van der Waals surface area contributed by atoms with Crippen LogP contribution in [0.5, 0.6) is 11.5 Å². The molecular formula is C22H25N3O3. The zero-order valence-electron chi connectivity index (χ0n) is 16.2. The van der Waals surface area contributed by atoms with Crippen molar-refractivity contribution < 1.29 is 14.3 Å². The summed E-state index contributed by atoms with van der Waals surface area (Å²) in [6, 6.07) is 14.6. The number of nitrogens with zero attached hydrogens (tertiary/aromatic N) is 1. The van der Waals surface area contributed by atoms with Crippen LogP contribution in [-0.2, 0) is 6.54 Å². The van der Waals surface area contributed by atoms with E-state index in [9.17, 15) is 4.79 Å². The Hall–Kier alpha value is -2.73. The lowest BCUT2D eigenvalue weighted by molar-refractivity contribution is 0.0870. The van der Waals surface area contributed by atoms with Gasteiger partial charge in [0.1, 0.15) is 5.66 Å². The van der Waals surface area contributed by atoms with Crippen LogP contribution in [0, 0.1) is 0 Å². The summed E-state index contributed by atoms with van der Waals surface area (Å²) in [4.78, 5) is 15.3. The van der Waals surface area contributed by atoms with Crippen molar-refractivity contribution in [3.8, 4) is 11.5 Å². The Morgan fingerprint density at radius 3 is 2.71 bits per heavy atom. The molecule has 0 unspecified atom stereocenters. The lowest BCUT2D eigenvalue weighted by Crippen LogP contribution is -2.64. The quantitative estimate of drug-likeness (QED) is 0.855. The zero-order valence-corrected chi connectivity index (χ0v) is 16.2. The smallest absolute Gasteiger partial charge is 0.255 e. The molecule has 5 rings (SSSR count). The average Bonchev–Trinajstić information content (AvgIpc) is 3.21. The number of hydrogen-bond acceptors (Lipinski definition) is 5. The second-order valence-electron chi connectivity index (χ2n) is 7.91. The van der Waals surface area contributed by atoms with Crippen LogP contribution >= 0.6 is 0 Å². The number of ether oxygens (including phenoxy) is 2.